The topological polar surface area (TPSA) is 140 Å². The van der Waals surface area contributed by atoms with Crippen molar-refractivity contribution in [2.24, 2.45) is 0 Å². The van der Waals surface area contributed by atoms with Crippen molar-refractivity contribution in [1.82, 2.24) is 19.4 Å². The number of hydrogen-bond acceptors (Lipinski definition) is 7. The number of aliphatic hydroxyl groups excluding tert-OH is 1. The number of halogens is 1. The largest absolute Gasteiger partial charge is 0.496 e. The summed E-state index contributed by atoms with van der Waals surface area (Å²) in [5.41, 5.74) is 6.68. The molecule has 34 heavy (non-hydrogen) atoms. The van der Waals surface area contributed by atoms with Crippen molar-refractivity contribution in [3.05, 3.63) is 59.4 Å². The third kappa shape index (κ3) is 4.56. The van der Waals surface area contributed by atoms with E-state index in [1.54, 1.807) is 48.8 Å². The summed E-state index contributed by atoms with van der Waals surface area (Å²) >= 11 is 6.22. The maximum Gasteiger partial charge on any atom is 0.261 e. The normalized spacial score (nSPS) is 12.6. The number of carbonyl (C=O) groups excluding carboxylic acids is 1. The first kappa shape index (κ1) is 23.6. The molecule has 0 aliphatic carbocycles. The molecule has 3 aromatic heterocycles. The minimum absolute atomic E-state index is 0.0197. The molecule has 1 atom stereocenters. The number of hydrogen-bond donors (Lipinski definition) is 4. The van der Waals surface area contributed by atoms with E-state index in [9.17, 15) is 15.0 Å². The standard InChI is InChI=1S/C23H25ClN6O4/c1-23(2,33)18(31)12-29-11-15(20(27-29)14-10-13(24)7-8-17(14)34-3)26-22(32)19-16-6-4-5-9-30(16)28-21(19)25/h4-11,18,31,33H,12H2,1-3H3,(H2,25,28)(H,26,32)/t18-/m1/s1. The number of nitrogen functional groups attached to an aromatic ring is 1. The first-order valence-corrected chi connectivity index (χ1v) is 10.8. The van der Waals surface area contributed by atoms with Crippen molar-refractivity contribution in [3.8, 4) is 17.0 Å². The number of nitrogens with two attached hydrogens (primary N) is 1. The maximum absolute atomic E-state index is 13.3. The number of amides is 1. The predicted molar refractivity (Wildman–Crippen MR) is 129 cm³/mol. The summed E-state index contributed by atoms with van der Waals surface area (Å²) in [6.45, 7) is 2.98. The average Bonchev–Trinajstić information content (AvgIpc) is 3.32. The van der Waals surface area contributed by atoms with Crippen molar-refractivity contribution in [1.29, 1.82) is 0 Å². The van der Waals surface area contributed by atoms with Crippen LogP contribution >= 0.6 is 11.6 Å². The number of pyridine rings is 1. The van der Waals surface area contributed by atoms with Gasteiger partial charge >= 0.3 is 0 Å². The third-order valence-electron chi connectivity index (χ3n) is 5.40. The predicted octanol–water partition coefficient (Wildman–Crippen LogP) is 2.83. The van der Waals surface area contributed by atoms with Gasteiger partial charge in [0.2, 0.25) is 0 Å². The second-order valence-corrected chi connectivity index (χ2v) is 8.81. The van der Waals surface area contributed by atoms with E-state index in [4.69, 9.17) is 22.1 Å². The summed E-state index contributed by atoms with van der Waals surface area (Å²) < 4.78 is 8.42. The fraction of sp³-hybridized carbons (Fsp3) is 0.261. The number of ether oxygens (including phenoxy) is 1. The molecule has 3 heterocycles. The van der Waals surface area contributed by atoms with Gasteiger partial charge in [0, 0.05) is 23.0 Å². The van der Waals surface area contributed by atoms with Crippen molar-refractivity contribution in [3.63, 3.8) is 0 Å². The molecule has 0 radical (unpaired) electrons. The smallest absolute Gasteiger partial charge is 0.261 e. The van der Waals surface area contributed by atoms with E-state index >= 15 is 0 Å². The molecule has 0 aliphatic heterocycles. The molecule has 0 saturated carbocycles. The Morgan fingerprint density at radius 2 is 2.06 bits per heavy atom. The Hall–Kier alpha value is -3.60. The Kier molecular flexibility index (Phi) is 6.22. The highest BCUT2D eigenvalue weighted by Crippen LogP contribution is 2.36. The maximum atomic E-state index is 13.3. The van der Waals surface area contributed by atoms with E-state index in [-0.39, 0.29) is 17.9 Å². The Bertz CT molecular complexity index is 1360. The molecule has 1 aromatic carbocycles. The number of methoxy groups -OCH3 is 1. The third-order valence-corrected chi connectivity index (χ3v) is 5.63. The van der Waals surface area contributed by atoms with Gasteiger partial charge in [-0.05, 0) is 44.2 Å². The van der Waals surface area contributed by atoms with E-state index in [1.807, 2.05) is 0 Å². The van der Waals surface area contributed by atoms with Gasteiger partial charge in [-0.3, -0.25) is 9.48 Å². The number of rotatable bonds is 7. The number of nitrogens with zero attached hydrogens (tertiary/aromatic N) is 4. The van der Waals surface area contributed by atoms with Gasteiger partial charge in [-0.2, -0.15) is 5.10 Å². The van der Waals surface area contributed by atoms with Gasteiger partial charge in [-0.1, -0.05) is 17.7 Å². The molecule has 0 saturated heterocycles. The van der Waals surface area contributed by atoms with Crippen molar-refractivity contribution in [2.45, 2.75) is 32.1 Å². The molecule has 4 rings (SSSR count). The molecule has 10 nitrogen and oxygen atoms in total. The lowest BCUT2D eigenvalue weighted by Crippen LogP contribution is -2.39. The second kappa shape index (κ2) is 8.98. The SMILES string of the molecule is COc1ccc(Cl)cc1-c1nn(C[C@@H](O)C(C)(C)O)cc1NC(=O)c1c(N)nn2ccccc12. The fourth-order valence-corrected chi connectivity index (χ4v) is 3.68. The van der Waals surface area contributed by atoms with Crippen molar-refractivity contribution >= 4 is 34.5 Å². The summed E-state index contributed by atoms with van der Waals surface area (Å²) in [5, 5.41) is 32.5. The summed E-state index contributed by atoms with van der Waals surface area (Å²) in [5.74, 6) is 0.0858. The highest BCUT2D eigenvalue weighted by molar-refractivity contribution is 6.31. The van der Waals surface area contributed by atoms with E-state index in [1.165, 1.54) is 30.2 Å². The first-order chi connectivity index (χ1) is 16.1. The first-order valence-electron chi connectivity index (χ1n) is 10.4. The minimum atomic E-state index is -1.35. The van der Waals surface area contributed by atoms with Crippen LogP contribution in [0.4, 0.5) is 11.5 Å². The number of fused-ring (bicyclic) bond motifs is 1. The lowest BCUT2D eigenvalue weighted by atomic mass is 10.0. The van der Waals surface area contributed by atoms with Crippen LogP contribution in [-0.2, 0) is 6.54 Å². The molecule has 178 valence electrons. The van der Waals surface area contributed by atoms with Crippen LogP contribution in [0.25, 0.3) is 16.8 Å². The van der Waals surface area contributed by atoms with Crippen LogP contribution in [0.2, 0.25) is 5.02 Å². The molecule has 4 aromatic rings. The Labute approximate surface area is 200 Å². The van der Waals surface area contributed by atoms with Crippen LogP contribution in [0.1, 0.15) is 24.2 Å². The fourth-order valence-electron chi connectivity index (χ4n) is 3.51. The molecule has 0 spiro atoms. The summed E-state index contributed by atoms with van der Waals surface area (Å²) in [4.78, 5) is 13.3. The van der Waals surface area contributed by atoms with Crippen molar-refractivity contribution < 1.29 is 19.7 Å². The van der Waals surface area contributed by atoms with E-state index in [0.29, 0.717) is 33.2 Å². The molecule has 0 fully saturated rings. The molecule has 5 N–H and O–H groups in total. The van der Waals surface area contributed by atoms with Gasteiger partial charge in [0.25, 0.3) is 5.91 Å². The van der Waals surface area contributed by atoms with Gasteiger partial charge in [0.15, 0.2) is 5.82 Å². The van der Waals surface area contributed by atoms with Crippen LogP contribution in [0.5, 0.6) is 5.75 Å². The van der Waals surface area contributed by atoms with Gasteiger partial charge in [-0.15, -0.1) is 5.10 Å². The Balaban J connectivity index is 1.78. The number of carbonyl (C=O) groups is 1. The molecule has 0 bridgehead atoms. The summed E-state index contributed by atoms with van der Waals surface area (Å²) in [6.07, 6.45) is 2.14. The van der Waals surface area contributed by atoms with E-state index < -0.39 is 17.6 Å². The monoisotopic (exact) mass is 484 g/mol. The van der Waals surface area contributed by atoms with E-state index in [0.717, 1.165) is 0 Å². The zero-order valence-electron chi connectivity index (χ0n) is 18.9. The van der Waals surface area contributed by atoms with Gasteiger partial charge in [-0.25, -0.2) is 4.52 Å². The van der Waals surface area contributed by atoms with Crippen LogP contribution in [0.3, 0.4) is 0 Å². The number of nitrogens with one attached hydrogen (secondary N) is 1. The van der Waals surface area contributed by atoms with Gasteiger partial charge in [0.1, 0.15) is 23.1 Å². The zero-order valence-corrected chi connectivity index (χ0v) is 19.6. The summed E-state index contributed by atoms with van der Waals surface area (Å²) in [6, 6.07) is 10.3. The highest BCUT2D eigenvalue weighted by atomic mass is 35.5. The number of aliphatic hydroxyl groups is 2. The summed E-state index contributed by atoms with van der Waals surface area (Å²) in [7, 11) is 1.51. The lowest BCUT2D eigenvalue weighted by Gasteiger charge is -2.24. The van der Waals surface area contributed by atoms with Crippen LogP contribution in [0, 0.1) is 0 Å². The Morgan fingerprint density at radius 1 is 1.29 bits per heavy atom. The molecule has 0 aliphatic rings. The zero-order chi connectivity index (χ0) is 24.6. The lowest BCUT2D eigenvalue weighted by molar-refractivity contribution is -0.0566. The van der Waals surface area contributed by atoms with Crippen molar-refractivity contribution in [2.75, 3.05) is 18.2 Å². The quantitative estimate of drug-likeness (QED) is 0.316. The number of aromatic nitrogens is 4. The molecule has 11 heteroatoms. The van der Waals surface area contributed by atoms with Gasteiger partial charge in [0.05, 0.1) is 30.5 Å². The van der Waals surface area contributed by atoms with Crippen LogP contribution < -0.4 is 15.8 Å². The number of anilines is 2. The van der Waals surface area contributed by atoms with Crippen LogP contribution in [-0.4, -0.2) is 54.3 Å². The Morgan fingerprint density at radius 3 is 2.76 bits per heavy atom. The molecular formula is C23H25ClN6O4. The molecule has 0 unspecified atom stereocenters. The second-order valence-electron chi connectivity index (χ2n) is 8.37. The number of benzene rings is 1. The highest BCUT2D eigenvalue weighted by Gasteiger charge is 2.27. The van der Waals surface area contributed by atoms with E-state index in [2.05, 4.69) is 15.5 Å². The van der Waals surface area contributed by atoms with Gasteiger partial charge < -0.3 is 26.0 Å². The molecular weight excluding hydrogens is 460 g/mol. The van der Waals surface area contributed by atoms with Crippen LogP contribution in [0.15, 0.2) is 48.8 Å². The molecule has 1 amide bonds. The average molecular weight is 485 g/mol. The minimum Gasteiger partial charge on any atom is -0.496 e.